The van der Waals surface area contributed by atoms with E-state index in [9.17, 15) is 4.79 Å². The van der Waals surface area contributed by atoms with Gasteiger partial charge in [0.05, 0.1) is 34.5 Å². The Morgan fingerprint density at radius 3 is 2.86 bits per heavy atom. The Kier molecular flexibility index (Phi) is 3.46. The van der Waals surface area contributed by atoms with E-state index >= 15 is 0 Å². The highest BCUT2D eigenvalue weighted by molar-refractivity contribution is 6.38. The molecular weight excluding hydrogens is 306 g/mol. The Bertz CT molecular complexity index is 889. The van der Waals surface area contributed by atoms with E-state index in [2.05, 4.69) is 10.1 Å². The molecule has 0 fully saturated rings. The van der Waals surface area contributed by atoms with Gasteiger partial charge in [0.15, 0.2) is 5.65 Å². The highest BCUT2D eigenvalue weighted by Crippen LogP contribution is 2.30. The van der Waals surface area contributed by atoms with Gasteiger partial charge in [-0.15, -0.1) is 0 Å². The molecule has 0 aliphatic heterocycles. The van der Waals surface area contributed by atoms with Crippen molar-refractivity contribution in [1.29, 1.82) is 0 Å². The number of aromatic carboxylic acids is 1. The number of fused-ring (bicyclic) bond motifs is 1. The molecule has 0 radical (unpaired) electrons. The largest absolute Gasteiger partial charge is 0.497 e. The number of hydrogen-bond donors (Lipinski definition) is 1. The van der Waals surface area contributed by atoms with Crippen molar-refractivity contribution in [2.45, 2.75) is 6.92 Å². The van der Waals surface area contributed by atoms with Crippen molar-refractivity contribution in [1.82, 2.24) is 14.8 Å². The van der Waals surface area contributed by atoms with Crippen LogP contribution in [0.25, 0.3) is 16.7 Å². The lowest BCUT2D eigenvalue weighted by Crippen LogP contribution is -2.01. The predicted molar refractivity (Wildman–Crippen MR) is 82.1 cm³/mol. The van der Waals surface area contributed by atoms with Crippen molar-refractivity contribution in [2.75, 3.05) is 7.11 Å². The summed E-state index contributed by atoms with van der Waals surface area (Å²) in [5.74, 6) is -0.431. The van der Waals surface area contributed by atoms with Crippen LogP contribution >= 0.6 is 11.6 Å². The van der Waals surface area contributed by atoms with Crippen LogP contribution in [0.1, 0.15) is 16.1 Å². The Morgan fingerprint density at radius 2 is 2.18 bits per heavy atom. The SMILES string of the molecule is COc1cccc(-n2nc(C)c3c(Cl)c(C(=O)O)cnc32)c1. The van der Waals surface area contributed by atoms with Gasteiger partial charge in [0.1, 0.15) is 5.75 Å². The zero-order valence-corrected chi connectivity index (χ0v) is 12.6. The number of carboxylic acid groups (broad SMARTS) is 1. The van der Waals surface area contributed by atoms with Gasteiger partial charge >= 0.3 is 5.97 Å². The lowest BCUT2D eigenvalue weighted by Gasteiger charge is -2.06. The second-order valence-corrected chi connectivity index (χ2v) is 5.07. The molecule has 3 rings (SSSR count). The van der Waals surface area contributed by atoms with Crippen LogP contribution in [0.4, 0.5) is 0 Å². The number of benzene rings is 1. The topological polar surface area (TPSA) is 77.2 Å². The molecule has 6 nitrogen and oxygen atoms in total. The third-order valence-electron chi connectivity index (χ3n) is 3.34. The van der Waals surface area contributed by atoms with Crippen molar-refractivity contribution in [3.63, 3.8) is 0 Å². The van der Waals surface area contributed by atoms with Crippen molar-refractivity contribution in [3.8, 4) is 11.4 Å². The molecule has 1 aromatic carbocycles. The summed E-state index contributed by atoms with van der Waals surface area (Å²) in [6.07, 6.45) is 1.24. The number of aromatic nitrogens is 3. The molecule has 112 valence electrons. The number of halogens is 1. The molecule has 0 saturated heterocycles. The van der Waals surface area contributed by atoms with Crippen molar-refractivity contribution < 1.29 is 14.6 Å². The second kappa shape index (κ2) is 5.31. The molecule has 0 saturated carbocycles. The van der Waals surface area contributed by atoms with Gasteiger partial charge in [0, 0.05) is 12.3 Å². The van der Waals surface area contributed by atoms with Crippen molar-refractivity contribution >= 4 is 28.6 Å². The third-order valence-corrected chi connectivity index (χ3v) is 3.73. The fourth-order valence-corrected chi connectivity index (χ4v) is 2.63. The van der Waals surface area contributed by atoms with E-state index < -0.39 is 5.97 Å². The van der Waals surface area contributed by atoms with Crippen LogP contribution in [0.5, 0.6) is 5.75 Å². The average Bonchev–Trinajstić information content (AvgIpc) is 2.85. The number of ether oxygens (including phenoxy) is 1. The first-order chi connectivity index (χ1) is 10.5. The number of nitrogens with zero attached hydrogens (tertiary/aromatic N) is 3. The van der Waals surface area contributed by atoms with Gasteiger partial charge in [0.2, 0.25) is 0 Å². The minimum absolute atomic E-state index is 0.0394. The lowest BCUT2D eigenvalue weighted by molar-refractivity contribution is 0.0697. The lowest BCUT2D eigenvalue weighted by atomic mass is 10.2. The molecule has 22 heavy (non-hydrogen) atoms. The molecule has 2 heterocycles. The fourth-order valence-electron chi connectivity index (χ4n) is 2.28. The highest BCUT2D eigenvalue weighted by Gasteiger charge is 2.19. The van der Waals surface area contributed by atoms with Crippen LogP contribution < -0.4 is 4.74 Å². The summed E-state index contributed by atoms with van der Waals surface area (Å²) in [4.78, 5) is 15.4. The second-order valence-electron chi connectivity index (χ2n) is 4.69. The summed E-state index contributed by atoms with van der Waals surface area (Å²) in [5.41, 5.74) is 1.82. The zero-order valence-electron chi connectivity index (χ0n) is 11.9. The highest BCUT2D eigenvalue weighted by atomic mass is 35.5. The quantitative estimate of drug-likeness (QED) is 0.803. The predicted octanol–water partition coefficient (Wildman–Crippen LogP) is 3.09. The molecule has 0 aliphatic carbocycles. The van der Waals surface area contributed by atoms with Crippen LogP contribution in [-0.2, 0) is 0 Å². The number of pyridine rings is 1. The van der Waals surface area contributed by atoms with Crippen LogP contribution in [-0.4, -0.2) is 33.0 Å². The molecule has 0 spiro atoms. The van der Waals surface area contributed by atoms with E-state index in [1.807, 2.05) is 24.3 Å². The molecule has 0 amide bonds. The minimum Gasteiger partial charge on any atom is -0.497 e. The van der Waals surface area contributed by atoms with Crippen LogP contribution in [0.15, 0.2) is 30.5 Å². The summed E-state index contributed by atoms with van der Waals surface area (Å²) in [6.45, 7) is 1.76. The number of carbonyl (C=O) groups is 1. The number of methoxy groups -OCH3 is 1. The maximum Gasteiger partial charge on any atom is 0.338 e. The van der Waals surface area contributed by atoms with E-state index in [-0.39, 0.29) is 10.6 Å². The Balaban J connectivity index is 2.28. The third kappa shape index (κ3) is 2.17. The van der Waals surface area contributed by atoms with Crippen LogP contribution in [0.2, 0.25) is 5.02 Å². The first kappa shape index (κ1) is 14.3. The normalized spacial score (nSPS) is 10.9. The van der Waals surface area contributed by atoms with Crippen LogP contribution in [0.3, 0.4) is 0 Å². The molecule has 0 aliphatic rings. The summed E-state index contributed by atoms with van der Waals surface area (Å²) >= 11 is 6.20. The summed E-state index contributed by atoms with van der Waals surface area (Å²) in [5, 5.41) is 14.2. The molecule has 1 N–H and O–H groups in total. The summed E-state index contributed by atoms with van der Waals surface area (Å²) < 4.78 is 6.82. The van der Waals surface area contributed by atoms with E-state index in [4.69, 9.17) is 21.4 Å². The van der Waals surface area contributed by atoms with E-state index in [1.165, 1.54) is 6.20 Å². The number of rotatable bonds is 3. The summed E-state index contributed by atoms with van der Waals surface area (Å²) in [6, 6.07) is 7.33. The van der Waals surface area contributed by atoms with Crippen molar-refractivity contribution in [2.24, 2.45) is 0 Å². The van der Waals surface area contributed by atoms with Gasteiger partial charge in [0.25, 0.3) is 0 Å². The van der Waals surface area contributed by atoms with Crippen molar-refractivity contribution in [3.05, 3.63) is 46.7 Å². The number of aryl methyl sites for hydroxylation is 1. The van der Waals surface area contributed by atoms with E-state index in [0.29, 0.717) is 22.5 Å². The monoisotopic (exact) mass is 317 g/mol. The molecule has 3 aromatic rings. The van der Waals surface area contributed by atoms with Gasteiger partial charge in [-0.1, -0.05) is 17.7 Å². The van der Waals surface area contributed by atoms with Crippen LogP contribution in [0, 0.1) is 6.92 Å². The van der Waals surface area contributed by atoms with Gasteiger partial charge in [-0.3, -0.25) is 0 Å². The standard InChI is InChI=1S/C15H12ClN3O3/c1-8-12-13(16)11(15(20)21)7-17-14(12)19(18-8)9-4-3-5-10(6-9)22-2/h3-7H,1-2H3,(H,20,21). The van der Waals surface area contributed by atoms with E-state index in [1.54, 1.807) is 18.7 Å². The van der Waals surface area contributed by atoms with Gasteiger partial charge < -0.3 is 9.84 Å². The molecule has 2 aromatic heterocycles. The smallest absolute Gasteiger partial charge is 0.338 e. The summed E-state index contributed by atoms with van der Waals surface area (Å²) in [7, 11) is 1.58. The van der Waals surface area contributed by atoms with E-state index in [0.717, 1.165) is 5.69 Å². The maximum absolute atomic E-state index is 11.2. The Labute approximate surface area is 130 Å². The first-order valence-electron chi connectivity index (χ1n) is 6.44. The molecule has 0 unspecified atom stereocenters. The van der Waals surface area contributed by atoms with Gasteiger partial charge in [-0.2, -0.15) is 5.10 Å². The maximum atomic E-state index is 11.2. The Morgan fingerprint density at radius 1 is 1.41 bits per heavy atom. The first-order valence-corrected chi connectivity index (χ1v) is 6.82. The zero-order chi connectivity index (χ0) is 15.9. The minimum atomic E-state index is -1.12. The average molecular weight is 318 g/mol. The molecule has 7 heteroatoms. The molecular formula is C15H12ClN3O3. The Hall–Kier alpha value is -2.60. The number of hydrogen-bond acceptors (Lipinski definition) is 4. The fraction of sp³-hybridized carbons (Fsp3) is 0.133. The van der Waals surface area contributed by atoms with Gasteiger partial charge in [-0.25, -0.2) is 14.5 Å². The molecule has 0 bridgehead atoms. The number of carboxylic acids is 1. The van der Waals surface area contributed by atoms with Gasteiger partial charge in [-0.05, 0) is 19.1 Å². The molecule has 0 atom stereocenters.